The second-order valence-corrected chi connectivity index (χ2v) is 5.33. The number of amides is 2. The van der Waals surface area contributed by atoms with E-state index in [0.717, 1.165) is 11.3 Å². The Morgan fingerprint density at radius 3 is 2.42 bits per heavy atom. The largest absolute Gasteiger partial charge is 0.478 e. The highest BCUT2D eigenvalue weighted by atomic mass is 16.4. The maximum atomic E-state index is 11.4. The number of nitrogens with zero attached hydrogens (tertiary/aromatic N) is 1. The molecule has 26 heavy (non-hydrogen) atoms. The lowest BCUT2D eigenvalue weighted by molar-refractivity contribution is -0.138. The normalized spacial score (nSPS) is 10.4. The zero-order valence-electron chi connectivity index (χ0n) is 14.2. The van der Waals surface area contributed by atoms with Crippen LogP contribution < -0.4 is 16.1 Å². The van der Waals surface area contributed by atoms with Gasteiger partial charge in [0, 0.05) is 24.0 Å². The van der Waals surface area contributed by atoms with E-state index < -0.39 is 17.8 Å². The van der Waals surface area contributed by atoms with E-state index in [4.69, 9.17) is 5.11 Å². The lowest BCUT2D eigenvalue weighted by Crippen LogP contribution is -2.35. The molecule has 0 radical (unpaired) electrons. The lowest BCUT2D eigenvalue weighted by Gasteiger charge is -2.12. The van der Waals surface area contributed by atoms with Gasteiger partial charge in [-0.15, -0.1) is 0 Å². The van der Waals surface area contributed by atoms with E-state index >= 15 is 0 Å². The second kappa shape index (κ2) is 8.43. The maximum absolute atomic E-state index is 11.4. The number of carboxylic acid groups (broad SMARTS) is 1. The van der Waals surface area contributed by atoms with Crippen LogP contribution in [-0.4, -0.2) is 36.2 Å². The summed E-state index contributed by atoms with van der Waals surface area (Å²) in [5.74, 6) is -2.84. The summed E-state index contributed by atoms with van der Waals surface area (Å²) in [6.45, 7) is 1.94. The SMILES string of the molecule is CNC(=O)C(=O)N/N=C\c1cc(C(=O)O)ccc1Nc1ccccc1C. The number of carbonyl (C=O) groups is 3. The number of aryl methyl sites for hydroxylation is 1. The Morgan fingerprint density at radius 1 is 1.04 bits per heavy atom. The molecule has 2 rings (SSSR count). The third-order valence-electron chi connectivity index (χ3n) is 3.52. The molecule has 0 aliphatic carbocycles. The number of hydrogen-bond donors (Lipinski definition) is 4. The molecule has 0 bridgehead atoms. The minimum absolute atomic E-state index is 0.0689. The molecule has 0 atom stereocenters. The van der Waals surface area contributed by atoms with Crippen molar-refractivity contribution in [2.45, 2.75) is 6.92 Å². The van der Waals surface area contributed by atoms with Gasteiger partial charge in [0.25, 0.3) is 0 Å². The smallest absolute Gasteiger partial charge is 0.335 e. The van der Waals surface area contributed by atoms with Gasteiger partial charge in [-0.25, -0.2) is 10.2 Å². The van der Waals surface area contributed by atoms with Crippen LogP contribution in [0.25, 0.3) is 0 Å². The standard InChI is InChI=1S/C18H18N4O4/c1-11-5-3-4-6-14(11)21-15-8-7-12(18(25)26)9-13(15)10-20-22-17(24)16(23)19-2/h3-10,21H,1-2H3,(H,19,23)(H,22,24)(H,25,26)/b20-10-. The molecule has 0 aromatic heterocycles. The van der Waals surface area contributed by atoms with Gasteiger partial charge < -0.3 is 15.7 Å². The van der Waals surface area contributed by atoms with E-state index in [1.807, 2.05) is 31.2 Å². The van der Waals surface area contributed by atoms with Crippen LogP contribution in [0.15, 0.2) is 47.6 Å². The molecule has 0 spiro atoms. The number of hydrogen-bond acceptors (Lipinski definition) is 5. The predicted molar refractivity (Wildman–Crippen MR) is 97.7 cm³/mol. The molecule has 0 aliphatic heterocycles. The molecule has 2 aromatic rings. The van der Waals surface area contributed by atoms with Crippen LogP contribution in [0.3, 0.4) is 0 Å². The number of carboxylic acids is 1. The van der Waals surface area contributed by atoms with Gasteiger partial charge in [-0.2, -0.15) is 5.10 Å². The molecule has 134 valence electrons. The Hall–Kier alpha value is -3.68. The molecule has 0 saturated carbocycles. The quantitative estimate of drug-likeness (QED) is 0.370. The average molecular weight is 354 g/mol. The second-order valence-electron chi connectivity index (χ2n) is 5.33. The van der Waals surface area contributed by atoms with Crippen LogP contribution in [-0.2, 0) is 9.59 Å². The van der Waals surface area contributed by atoms with E-state index in [1.54, 1.807) is 6.07 Å². The summed E-state index contributed by atoms with van der Waals surface area (Å²) in [6.07, 6.45) is 1.27. The van der Waals surface area contributed by atoms with Crippen molar-refractivity contribution in [3.63, 3.8) is 0 Å². The lowest BCUT2D eigenvalue weighted by atomic mass is 10.1. The first-order valence-electron chi connectivity index (χ1n) is 7.67. The Bertz CT molecular complexity index is 877. The minimum atomic E-state index is -1.09. The molecule has 0 heterocycles. The molecular weight excluding hydrogens is 336 g/mol. The molecule has 0 saturated heterocycles. The van der Waals surface area contributed by atoms with Gasteiger partial charge in [0.1, 0.15) is 0 Å². The minimum Gasteiger partial charge on any atom is -0.478 e. The average Bonchev–Trinajstić information content (AvgIpc) is 2.63. The summed E-state index contributed by atoms with van der Waals surface area (Å²) >= 11 is 0. The van der Waals surface area contributed by atoms with E-state index in [9.17, 15) is 14.4 Å². The fourth-order valence-corrected chi connectivity index (χ4v) is 2.10. The van der Waals surface area contributed by atoms with Crippen molar-refractivity contribution < 1.29 is 19.5 Å². The van der Waals surface area contributed by atoms with Gasteiger partial charge in [-0.05, 0) is 36.8 Å². The van der Waals surface area contributed by atoms with Crippen molar-refractivity contribution in [3.8, 4) is 0 Å². The van der Waals surface area contributed by atoms with Crippen LogP contribution in [0.1, 0.15) is 21.5 Å². The topological polar surface area (TPSA) is 120 Å². The Morgan fingerprint density at radius 2 is 1.77 bits per heavy atom. The Balaban J connectivity index is 2.30. The maximum Gasteiger partial charge on any atom is 0.335 e. The Kier molecular flexibility index (Phi) is 6.05. The number of anilines is 2. The van der Waals surface area contributed by atoms with Gasteiger partial charge >= 0.3 is 17.8 Å². The summed E-state index contributed by atoms with van der Waals surface area (Å²) in [7, 11) is 1.33. The van der Waals surface area contributed by atoms with Crippen molar-refractivity contribution in [3.05, 3.63) is 59.2 Å². The van der Waals surface area contributed by atoms with Crippen LogP contribution >= 0.6 is 0 Å². The molecule has 0 fully saturated rings. The zero-order chi connectivity index (χ0) is 19.1. The van der Waals surface area contributed by atoms with E-state index in [1.165, 1.54) is 25.4 Å². The molecule has 2 aromatic carbocycles. The highest BCUT2D eigenvalue weighted by molar-refractivity contribution is 6.35. The number of aromatic carboxylic acids is 1. The van der Waals surface area contributed by atoms with Crippen molar-refractivity contribution in [1.29, 1.82) is 0 Å². The van der Waals surface area contributed by atoms with E-state index in [-0.39, 0.29) is 5.56 Å². The summed E-state index contributed by atoms with van der Waals surface area (Å²) in [5.41, 5.74) is 5.03. The zero-order valence-corrected chi connectivity index (χ0v) is 14.2. The van der Waals surface area contributed by atoms with Gasteiger partial charge in [0.15, 0.2) is 0 Å². The first kappa shape index (κ1) is 18.7. The van der Waals surface area contributed by atoms with Crippen molar-refractivity contribution in [2.75, 3.05) is 12.4 Å². The van der Waals surface area contributed by atoms with E-state index in [0.29, 0.717) is 11.3 Å². The molecule has 2 amide bonds. The summed E-state index contributed by atoms with van der Waals surface area (Å²) in [5, 5.41) is 18.3. The first-order valence-corrected chi connectivity index (χ1v) is 7.67. The summed E-state index contributed by atoms with van der Waals surface area (Å²) < 4.78 is 0. The third kappa shape index (κ3) is 4.67. The number of hydrazone groups is 1. The summed E-state index contributed by atoms with van der Waals surface area (Å²) in [6, 6.07) is 12.1. The van der Waals surface area contributed by atoms with Crippen LogP contribution in [0.4, 0.5) is 11.4 Å². The first-order chi connectivity index (χ1) is 12.4. The van der Waals surface area contributed by atoms with Gasteiger partial charge in [-0.3, -0.25) is 9.59 Å². The van der Waals surface area contributed by atoms with Crippen molar-refractivity contribution in [2.24, 2.45) is 5.10 Å². The Labute approximate surface area is 149 Å². The molecule has 4 N–H and O–H groups in total. The number of rotatable bonds is 5. The molecular formula is C18H18N4O4. The van der Waals surface area contributed by atoms with Crippen molar-refractivity contribution >= 4 is 35.4 Å². The number of carbonyl (C=O) groups excluding carboxylic acids is 2. The third-order valence-corrected chi connectivity index (χ3v) is 3.52. The highest BCUT2D eigenvalue weighted by Gasteiger charge is 2.11. The molecule has 0 unspecified atom stereocenters. The molecule has 8 heteroatoms. The van der Waals surface area contributed by atoms with Crippen LogP contribution in [0.5, 0.6) is 0 Å². The van der Waals surface area contributed by atoms with Gasteiger partial charge in [0.2, 0.25) is 0 Å². The molecule has 0 aliphatic rings. The molecule has 8 nitrogen and oxygen atoms in total. The van der Waals surface area contributed by atoms with E-state index in [2.05, 4.69) is 21.2 Å². The number of benzene rings is 2. The summed E-state index contributed by atoms with van der Waals surface area (Å²) in [4.78, 5) is 33.8. The predicted octanol–water partition coefficient (Wildman–Crippen LogP) is 1.63. The van der Waals surface area contributed by atoms with Gasteiger partial charge in [0.05, 0.1) is 11.8 Å². The monoisotopic (exact) mass is 354 g/mol. The fraction of sp³-hybridized carbons (Fsp3) is 0.111. The number of likely N-dealkylation sites (N-methyl/N-ethyl adjacent to an activating group) is 1. The van der Waals surface area contributed by atoms with Crippen molar-refractivity contribution in [1.82, 2.24) is 10.7 Å². The number of para-hydroxylation sites is 1. The van der Waals surface area contributed by atoms with Crippen LogP contribution in [0.2, 0.25) is 0 Å². The fourth-order valence-electron chi connectivity index (χ4n) is 2.10. The highest BCUT2D eigenvalue weighted by Crippen LogP contribution is 2.23. The van der Waals surface area contributed by atoms with Crippen LogP contribution in [0, 0.1) is 6.92 Å². The van der Waals surface area contributed by atoms with Gasteiger partial charge in [-0.1, -0.05) is 18.2 Å². The number of nitrogens with one attached hydrogen (secondary N) is 3.